The second-order valence-electron chi connectivity index (χ2n) is 9.05. The SMILES string of the molecule is CCCCNC(=O)[C@H](CC)N(Cc1ccccc1Cl)C(=O)CCCN(c1cc(Cl)ccc1C)S(C)(=O)=O. The van der Waals surface area contributed by atoms with Gasteiger partial charge in [-0.1, -0.05) is 67.7 Å². The maximum Gasteiger partial charge on any atom is 0.242 e. The summed E-state index contributed by atoms with van der Waals surface area (Å²) in [7, 11) is -3.61. The van der Waals surface area contributed by atoms with Crippen LogP contribution in [0.3, 0.4) is 0 Å². The number of nitrogens with one attached hydrogen (secondary N) is 1. The van der Waals surface area contributed by atoms with E-state index in [0.29, 0.717) is 28.7 Å². The standard InChI is InChI=1S/C27H37Cl2N3O4S/c1-5-7-16-30-27(34)24(6-2)31(19-21-11-8-9-12-23(21)29)26(33)13-10-17-32(37(4,35)36)25-18-22(28)15-14-20(25)3/h8-9,11-12,14-15,18,24H,5-7,10,13,16-17,19H2,1-4H3,(H,30,34)/t24-/m0/s1. The third-order valence-electron chi connectivity index (χ3n) is 6.11. The summed E-state index contributed by atoms with van der Waals surface area (Å²) in [5.74, 6) is -0.447. The van der Waals surface area contributed by atoms with Gasteiger partial charge in [-0.25, -0.2) is 8.42 Å². The van der Waals surface area contributed by atoms with Gasteiger partial charge in [0.25, 0.3) is 0 Å². The van der Waals surface area contributed by atoms with E-state index in [1.807, 2.05) is 39.0 Å². The summed E-state index contributed by atoms with van der Waals surface area (Å²) < 4.78 is 26.4. The van der Waals surface area contributed by atoms with Crippen molar-refractivity contribution in [3.8, 4) is 0 Å². The summed E-state index contributed by atoms with van der Waals surface area (Å²) in [6, 6.07) is 11.6. The highest BCUT2D eigenvalue weighted by atomic mass is 35.5. The summed E-state index contributed by atoms with van der Waals surface area (Å²) >= 11 is 12.5. The van der Waals surface area contributed by atoms with Gasteiger partial charge < -0.3 is 10.2 Å². The summed E-state index contributed by atoms with van der Waals surface area (Å²) in [4.78, 5) is 28.0. The van der Waals surface area contributed by atoms with Crippen molar-refractivity contribution in [2.75, 3.05) is 23.7 Å². The molecule has 10 heteroatoms. The lowest BCUT2D eigenvalue weighted by atomic mass is 10.1. The topological polar surface area (TPSA) is 86.8 Å². The van der Waals surface area contributed by atoms with Crippen LogP contribution in [0.25, 0.3) is 0 Å². The maximum atomic E-state index is 13.5. The molecule has 1 N–H and O–H groups in total. The molecule has 2 aromatic carbocycles. The Hall–Kier alpha value is -2.29. The molecule has 2 rings (SSSR count). The third-order valence-corrected chi connectivity index (χ3v) is 7.89. The first-order valence-electron chi connectivity index (χ1n) is 12.5. The van der Waals surface area contributed by atoms with Crippen molar-refractivity contribution < 1.29 is 18.0 Å². The lowest BCUT2D eigenvalue weighted by molar-refractivity contribution is -0.141. The van der Waals surface area contributed by atoms with Gasteiger partial charge in [-0.3, -0.25) is 13.9 Å². The number of nitrogens with zero attached hydrogens (tertiary/aromatic N) is 2. The molecule has 2 aromatic rings. The second-order valence-corrected chi connectivity index (χ2v) is 11.8. The lowest BCUT2D eigenvalue weighted by Crippen LogP contribution is -2.49. The van der Waals surface area contributed by atoms with Gasteiger partial charge in [0.2, 0.25) is 21.8 Å². The number of anilines is 1. The van der Waals surface area contributed by atoms with Gasteiger partial charge in [0, 0.05) is 36.1 Å². The van der Waals surface area contributed by atoms with Crippen molar-refractivity contribution in [1.82, 2.24) is 10.2 Å². The van der Waals surface area contributed by atoms with Crippen molar-refractivity contribution >= 4 is 50.7 Å². The Kier molecular flexibility index (Phi) is 12.2. The Morgan fingerprint density at radius 2 is 1.76 bits per heavy atom. The predicted octanol–water partition coefficient (Wildman–Crippen LogP) is 5.57. The van der Waals surface area contributed by atoms with Crippen LogP contribution in [0, 0.1) is 6.92 Å². The fourth-order valence-electron chi connectivity index (χ4n) is 4.07. The van der Waals surface area contributed by atoms with Gasteiger partial charge >= 0.3 is 0 Å². The maximum absolute atomic E-state index is 13.5. The van der Waals surface area contributed by atoms with Crippen LogP contribution in [0.1, 0.15) is 57.1 Å². The molecular formula is C27H37Cl2N3O4S. The van der Waals surface area contributed by atoms with E-state index in [1.54, 1.807) is 29.2 Å². The molecule has 0 aliphatic heterocycles. The molecule has 204 valence electrons. The van der Waals surface area contributed by atoms with Crippen molar-refractivity contribution in [1.29, 1.82) is 0 Å². The van der Waals surface area contributed by atoms with E-state index in [0.717, 1.165) is 30.2 Å². The number of hydrogen-bond acceptors (Lipinski definition) is 4. The van der Waals surface area contributed by atoms with Gasteiger partial charge in [0.1, 0.15) is 6.04 Å². The molecule has 7 nitrogen and oxygen atoms in total. The largest absolute Gasteiger partial charge is 0.354 e. The summed E-state index contributed by atoms with van der Waals surface area (Å²) in [5.41, 5.74) is 1.98. The van der Waals surface area contributed by atoms with E-state index in [9.17, 15) is 18.0 Å². The number of carbonyl (C=O) groups excluding carboxylic acids is 2. The van der Waals surface area contributed by atoms with Crippen LogP contribution in [-0.4, -0.2) is 50.5 Å². The smallest absolute Gasteiger partial charge is 0.242 e. The molecule has 0 unspecified atom stereocenters. The lowest BCUT2D eigenvalue weighted by Gasteiger charge is -2.31. The molecule has 0 saturated carbocycles. The summed E-state index contributed by atoms with van der Waals surface area (Å²) in [6.07, 6.45) is 3.70. The number of carbonyl (C=O) groups is 2. The molecule has 1 atom stereocenters. The number of sulfonamides is 1. The molecule has 0 bridgehead atoms. The van der Waals surface area contributed by atoms with Crippen LogP contribution in [0.5, 0.6) is 0 Å². The van der Waals surface area contributed by atoms with Crippen molar-refractivity contribution in [2.24, 2.45) is 0 Å². The van der Waals surface area contributed by atoms with E-state index in [-0.39, 0.29) is 37.7 Å². The van der Waals surface area contributed by atoms with E-state index in [1.165, 1.54) is 4.31 Å². The number of unbranched alkanes of at least 4 members (excludes halogenated alkanes) is 1. The molecule has 2 amide bonds. The van der Waals surface area contributed by atoms with Crippen LogP contribution in [0.4, 0.5) is 5.69 Å². The second kappa shape index (κ2) is 14.6. The highest BCUT2D eigenvalue weighted by Gasteiger charge is 2.29. The Balaban J connectivity index is 2.24. The van der Waals surface area contributed by atoms with Crippen LogP contribution >= 0.6 is 23.2 Å². The summed E-state index contributed by atoms with van der Waals surface area (Å²) in [5, 5.41) is 3.87. The predicted molar refractivity (Wildman–Crippen MR) is 152 cm³/mol. The van der Waals surface area contributed by atoms with E-state index >= 15 is 0 Å². The van der Waals surface area contributed by atoms with Crippen LogP contribution < -0.4 is 9.62 Å². The fourth-order valence-corrected chi connectivity index (χ4v) is 5.45. The average molecular weight is 571 g/mol. The molecule has 0 radical (unpaired) electrons. The molecular weight excluding hydrogens is 533 g/mol. The number of rotatable bonds is 14. The first-order chi connectivity index (χ1) is 17.5. The number of aryl methyl sites for hydroxylation is 1. The van der Waals surface area contributed by atoms with Gasteiger partial charge in [-0.15, -0.1) is 0 Å². The molecule has 0 aliphatic rings. The monoisotopic (exact) mass is 569 g/mol. The van der Waals surface area contributed by atoms with Gasteiger partial charge in [-0.2, -0.15) is 0 Å². The quantitative estimate of drug-likeness (QED) is 0.301. The van der Waals surface area contributed by atoms with Gasteiger partial charge in [0.15, 0.2) is 0 Å². The Morgan fingerprint density at radius 1 is 1.05 bits per heavy atom. The molecule has 0 aromatic heterocycles. The molecule has 0 aliphatic carbocycles. The van der Waals surface area contributed by atoms with Crippen molar-refractivity contribution in [3.63, 3.8) is 0 Å². The zero-order valence-corrected chi connectivity index (χ0v) is 24.3. The van der Waals surface area contributed by atoms with Crippen molar-refractivity contribution in [2.45, 2.75) is 65.5 Å². The minimum atomic E-state index is -3.61. The highest BCUT2D eigenvalue weighted by Crippen LogP contribution is 2.27. The highest BCUT2D eigenvalue weighted by molar-refractivity contribution is 7.92. The van der Waals surface area contributed by atoms with Crippen molar-refractivity contribution in [3.05, 3.63) is 63.6 Å². The first kappa shape index (κ1) is 30.9. The van der Waals surface area contributed by atoms with E-state index < -0.39 is 16.1 Å². The average Bonchev–Trinajstić information content (AvgIpc) is 2.84. The molecule has 37 heavy (non-hydrogen) atoms. The van der Waals surface area contributed by atoms with Crippen LogP contribution in [-0.2, 0) is 26.2 Å². The number of benzene rings is 2. The van der Waals surface area contributed by atoms with Crippen LogP contribution in [0.2, 0.25) is 10.0 Å². The molecule has 0 spiro atoms. The van der Waals surface area contributed by atoms with E-state index in [2.05, 4.69) is 5.32 Å². The number of halogens is 2. The van der Waals surface area contributed by atoms with Gasteiger partial charge in [0.05, 0.1) is 11.9 Å². The van der Waals surface area contributed by atoms with Gasteiger partial charge in [-0.05, 0) is 55.5 Å². The number of hydrogen-bond donors (Lipinski definition) is 1. The normalized spacial score (nSPS) is 12.2. The Labute approximate surface area is 231 Å². The Morgan fingerprint density at radius 3 is 2.38 bits per heavy atom. The zero-order valence-electron chi connectivity index (χ0n) is 22.0. The van der Waals surface area contributed by atoms with E-state index in [4.69, 9.17) is 23.2 Å². The summed E-state index contributed by atoms with van der Waals surface area (Å²) in [6.45, 7) is 6.55. The third kappa shape index (κ3) is 9.20. The molecule has 0 heterocycles. The minimum absolute atomic E-state index is 0.0643. The zero-order chi connectivity index (χ0) is 27.6. The fraction of sp³-hybridized carbons (Fsp3) is 0.481. The van der Waals surface area contributed by atoms with Crippen LogP contribution in [0.15, 0.2) is 42.5 Å². The molecule has 0 saturated heterocycles. The minimum Gasteiger partial charge on any atom is -0.354 e. The first-order valence-corrected chi connectivity index (χ1v) is 15.1. The number of amides is 2. The molecule has 0 fully saturated rings. The Bertz CT molecular complexity index is 1170.